The number of aromatic nitrogens is 2. The first kappa shape index (κ1) is 18.6. The number of nitrogens with two attached hydrogens (primary N) is 1. The minimum atomic E-state index is -0.498. The number of nitrogens with one attached hydrogen (secondary N) is 1. The van der Waals surface area contributed by atoms with E-state index in [0.29, 0.717) is 16.7 Å². The van der Waals surface area contributed by atoms with Crippen LogP contribution in [-0.4, -0.2) is 27.8 Å². The van der Waals surface area contributed by atoms with Crippen molar-refractivity contribution < 1.29 is 9.18 Å². The number of nitrogens with zero attached hydrogens (tertiary/aromatic N) is 2. The minimum absolute atomic E-state index is 0. The van der Waals surface area contributed by atoms with Crippen LogP contribution in [0.5, 0.6) is 0 Å². The highest BCUT2D eigenvalue weighted by atomic mass is 79.9. The van der Waals surface area contributed by atoms with Gasteiger partial charge in [-0.25, -0.2) is 9.07 Å². The van der Waals surface area contributed by atoms with E-state index in [4.69, 9.17) is 5.73 Å². The monoisotopic (exact) mass is 390 g/mol. The van der Waals surface area contributed by atoms with Crippen LogP contribution in [0.4, 0.5) is 4.39 Å². The number of hydrogen-bond acceptors (Lipinski definition) is 3. The second-order valence-corrected chi connectivity index (χ2v) is 6.27. The van der Waals surface area contributed by atoms with E-state index in [1.807, 2.05) is 13.8 Å². The maximum absolute atomic E-state index is 12.9. The van der Waals surface area contributed by atoms with Crippen molar-refractivity contribution in [1.29, 1.82) is 0 Å². The Kier molecular flexibility index (Phi) is 6.10. The lowest BCUT2D eigenvalue weighted by Crippen LogP contribution is -2.45. The number of carbonyl (C=O) groups is 1. The van der Waals surface area contributed by atoms with Gasteiger partial charge in [-0.2, -0.15) is 5.10 Å². The highest BCUT2D eigenvalue weighted by molar-refractivity contribution is 9.10. The molecule has 0 unspecified atom stereocenters. The van der Waals surface area contributed by atoms with Crippen LogP contribution < -0.4 is 11.1 Å². The summed E-state index contributed by atoms with van der Waals surface area (Å²) in [6.45, 7) is 3.97. The summed E-state index contributed by atoms with van der Waals surface area (Å²) < 4.78 is 15.0. The van der Waals surface area contributed by atoms with E-state index in [0.717, 1.165) is 0 Å². The van der Waals surface area contributed by atoms with Gasteiger partial charge >= 0.3 is 0 Å². The smallest absolute Gasteiger partial charge is 0.273 e. The second-order valence-electron chi connectivity index (χ2n) is 5.42. The quantitative estimate of drug-likeness (QED) is 0.841. The van der Waals surface area contributed by atoms with E-state index < -0.39 is 5.54 Å². The number of hydrogen-bond donors (Lipinski definition) is 2. The summed E-state index contributed by atoms with van der Waals surface area (Å²) in [7, 11) is 0. The molecule has 1 heterocycles. The first-order valence-corrected chi connectivity index (χ1v) is 7.14. The third-order valence-corrected chi connectivity index (χ3v) is 3.26. The maximum Gasteiger partial charge on any atom is 0.273 e. The van der Waals surface area contributed by atoms with Crippen molar-refractivity contribution in [3.63, 3.8) is 0 Å². The maximum atomic E-state index is 12.9. The molecule has 8 heteroatoms. The van der Waals surface area contributed by atoms with Crippen LogP contribution in [0.25, 0.3) is 5.69 Å². The van der Waals surface area contributed by atoms with E-state index in [1.165, 1.54) is 16.8 Å². The molecule has 0 aliphatic rings. The van der Waals surface area contributed by atoms with Crippen LogP contribution in [0.15, 0.2) is 34.9 Å². The molecule has 120 valence electrons. The largest absolute Gasteiger partial charge is 0.349 e. The van der Waals surface area contributed by atoms with Crippen molar-refractivity contribution in [2.24, 2.45) is 5.73 Å². The molecule has 0 bridgehead atoms. The van der Waals surface area contributed by atoms with Crippen LogP contribution in [0.3, 0.4) is 0 Å². The lowest BCUT2D eigenvalue weighted by Gasteiger charge is -2.18. The first-order chi connectivity index (χ1) is 9.76. The summed E-state index contributed by atoms with van der Waals surface area (Å²) in [4.78, 5) is 12.1. The standard InChI is InChI=1S/C14H16BrFN4O.ClH/c1-14(2,17)8-18-13(21)12-11(15)7-20(19-12)10-5-3-9(16)4-6-10;/h3-7H,8,17H2,1-2H3,(H,18,21);1H. The molecule has 1 aromatic carbocycles. The number of carbonyl (C=O) groups excluding carboxylic acids is 1. The van der Waals surface area contributed by atoms with E-state index in [1.54, 1.807) is 18.3 Å². The lowest BCUT2D eigenvalue weighted by atomic mass is 10.1. The Bertz CT molecular complexity index is 652. The van der Waals surface area contributed by atoms with Gasteiger partial charge < -0.3 is 11.1 Å². The SMILES string of the molecule is CC(C)(N)CNC(=O)c1nn(-c2ccc(F)cc2)cc1Br.Cl. The molecule has 5 nitrogen and oxygen atoms in total. The van der Waals surface area contributed by atoms with Gasteiger partial charge in [-0.3, -0.25) is 4.79 Å². The number of rotatable bonds is 4. The Morgan fingerprint density at radius 3 is 2.55 bits per heavy atom. The molecule has 0 aliphatic heterocycles. The fourth-order valence-corrected chi connectivity index (χ4v) is 2.08. The summed E-state index contributed by atoms with van der Waals surface area (Å²) in [6.07, 6.45) is 1.65. The summed E-state index contributed by atoms with van der Waals surface area (Å²) in [5, 5.41) is 6.93. The van der Waals surface area contributed by atoms with Crippen LogP contribution in [-0.2, 0) is 0 Å². The predicted molar refractivity (Wildman–Crippen MR) is 89.1 cm³/mol. The predicted octanol–water partition coefficient (Wildman–Crippen LogP) is 2.66. The molecule has 0 spiro atoms. The molecule has 0 radical (unpaired) electrons. The zero-order chi connectivity index (χ0) is 15.6. The molecule has 2 rings (SSSR count). The molecule has 22 heavy (non-hydrogen) atoms. The van der Waals surface area contributed by atoms with Gasteiger partial charge in [-0.1, -0.05) is 0 Å². The van der Waals surface area contributed by atoms with Crippen molar-refractivity contribution >= 4 is 34.2 Å². The zero-order valence-electron chi connectivity index (χ0n) is 12.1. The third kappa shape index (κ3) is 4.79. The van der Waals surface area contributed by atoms with Gasteiger partial charge in [0.2, 0.25) is 0 Å². The van der Waals surface area contributed by atoms with Crippen LogP contribution in [0, 0.1) is 5.82 Å². The van der Waals surface area contributed by atoms with Crippen molar-refractivity contribution in [3.05, 3.63) is 46.4 Å². The van der Waals surface area contributed by atoms with Crippen molar-refractivity contribution in [1.82, 2.24) is 15.1 Å². The van der Waals surface area contributed by atoms with E-state index in [-0.39, 0.29) is 29.8 Å². The lowest BCUT2D eigenvalue weighted by molar-refractivity contribution is 0.0940. The molecule has 1 aromatic heterocycles. The third-order valence-electron chi connectivity index (χ3n) is 2.68. The van der Waals surface area contributed by atoms with Crippen LogP contribution >= 0.6 is 28.3 Å². The molecule has 0 saturated carbocycles. The molecule has 2 aromatic rings. The van der Waals surface area contributed by atoms with Gasteiger partial charge in [0.05, 0.1) is 10.2 Å². The van der Waals surface area contributed by atoms with Gasteiger partial charge in [0.15, 0.2) is 5.69 Å². The normalized spacial score (nSPS) is 11.0. The molecule has 0 atom stereocenters. The van der Waals surface area contributed by atoms with Crippen LogP contribution in [0.1, 0.15) is 24.3 Å². The van der Waals surface area contributed by atoms with Gasteiger partial charge in [-0.15, -0.1) is 12.4 Å². The summed E-state index contributed by atoms with van der Waals surface area (Å²) in [5.74, 6) is -0.644. The van der Waals surface area contributed by atoms with E-state index in [9.17, 15) is 9.18 Å². The summed E-state index contributed by atoms with van der Waals surface area (Å²) in [6, 6.07) is 5.84. The van der Waals surface area contributed by atoms with Crippen molar-refractivity contribution in [2.45, 2.75) is 19.4 Å². The minimum Gasteiger partial charge on any atom is -0.349 e. The summed E-state index contributed by atoms with van der Waals surface area (Å²) >= 11 is 3.30. The fourth-order valence-electron chi connectivity index (χ4n) is 1.62. The molecule has 0 saturated heterocycles. The van der Waals surface area contributed by atoms with Gasteiger partial charge in [-0.05, 0) is 54.0 Å². The Hall–Kier alpha value is -1.44. The molecule has 0 aliphatic carbocycles. The average Bonchev–Trinajstić information content (AvgIpc) is 2.78. The van der Waals surface area contributed by atoms with Crippen molar-refractivity contribution in [2.75, 3.05) is 6.54 Å². The Labute approximate surface area is 142 Å². The first-order valence-electron chi connectivity index (χ1n) is 6.34. The van der Waals surface area contributed by atoms with Gasteiger partial charge in [0, 0.05) is 18.3 Å². The molecule has 3 N–H and O–H groups in total. The fraction of sp³-hybridized carbons (Fsp3) is 0.286. The average molecular weight is 392 g/mol. The summed E-state index contributed by atoms with van der Waals surface area (Å²) in [5.41, 5.74) is 6.24. The number of amides is 1. The highest BCUT2D eigenvalue weighted by Crippen LogP contribution is 2.18. The van der Waals surface area contributed by atoms with Gasteiger partial charge in [0.1, 0.15) is 5.82 Å². The van der Waals surface area contributed by atoms with Crippen LogP contribution in [0.2, 0.25) is 0 Å². The number of halogens is 3. The Balaban J connectivity index is 0.00000242. The van der Waals surface area contributed by atoms with E-state index in [2.05, 4.69) is 26.3 Å². The molecular weight excluding hydrogens is 375 g/mol. The highest BCUT2D eigenvalue weighted by Gasteiger charge is 2.18. The Morgan fingerprint density at radius 1 is 1.41 bits per heavy atom. The molecule has 0 fully saturated rings. The second kappa shape index (κ2) is 7.21. The Morgan fingerprint density at radius 2 is 2.00 bits per heavy atom. The molecular formula is C14H17BrClFN4O. The van der Waals surface area contributed by atoms with Gasteiger partial charge in [0.25, 0.3) is 5.91 Å². The topological polar surface area (TPSA) is 72.9 Å². The molecule has 1 amide bonds. The van der Waals surface area contributed by atoms with E-state index >= 15 is 0 Å². The zero-order valence-corrected chi connectivity index (χ0v) is 14.5. The number of benzene rings is 1. The van der Waals surface area contributed by atoms with Crippen molar-refractivity contribution in [3.8, 4) is 5.69 Å².